The van der Waals surface area contributed by atoms with Crippen LogP contribution in [0.3, 0.4) is 0 Å². The van der Waals surface area contributed by atoms with E-state index < -0.39 is 11.0 Å². The van der Waals surface area contributed by atoms with Gasteiger partial charge in [-0.2, -0.15) is 0 Å². The average Bonchev–Trinajstić information content (AvgIpc) is 1.60. The van der Waals surface area contributed by atoms with Gasteiger partial charge in [0.25, 0.3) is 0 Å². The molecule has 0 unspecified atom stereocenters. The summed E-state index contributed by atoms with van der Waals surface area (Å²) in [6.45, 7) is 9.90. The van der Waals surface area contributed by atoms with Crippen LogP contribution in [0.25, 0.3) is 0 Å². The largest absolute Gasteiger partial charge is 0.243 e. The average molecular weight is 163 g/mol. The molecule has 0 bridgehead atoms. The van der Waals surface area contributed by atoms with Gasteiger partial charge in [0.15, 0.2) is 0 Å². The van der Waals surface area contributed by atoms with Crippen molar-refractivity contribution in [2.75, 3.05) is 0 Å². The number of hydrogen-bond acceptors (Lipinski definition) is 1. The Bertz CT molecular complexity index is 126. The van der Waals surface area contributed by atoms with Gasteiger partial charge in [-0.1, -0.05) is 0 Å². The zero-order chi connectivity index (χ0) is 8.36. The van der Waals surface area contributed by atoms with Crippen LogP contribution in [0.5, 0.6) is 0 Å². The molecular formula is C7H17NOS. The summed E-state index contributed by atoms with van der Waals surface area (Å²) in [7, 11) is -0.891. The molecule has 0 saturated heterocycles. The molecule has 62 valence electrons. The van der Waals surface area contributed by atoms with Gasteiger partial charge < -0.3 is 0 Å². The summed E-state index contributed by atoms with van der Waals surface area (Å²) in [6.07, 6.45) is 0. The fraction of sp³-hybridized carbons (Fsp3) is 1.00. The lowest BCUT2D eigenvalue weighted by atomic mass is 10.1. The number of nitrogens with one attached hydrogen (secondary N) is 1. The fourth-order valence-electron chi connectivity index (χ4n) is 0.420. The van der Waals surface area contributed by atoms with Crippen molar-refractivity contribution in [2.24, 2.45) is 0 Å². The van der Waals surface area contributed by atoms with E-state index in [0.29, 0.717) is 0 Å². The monoisotopic (exact) mass is 163 g/mol. The topological polar surface area (TPSA) is 29.1 Å². The van der Waals surface area contributed by atoms with E-state index in [0.717, 1.165) is 0 Å². The van der Waals surface area contributed by atoms with Crippen molar-refractivity contribution in [1.29, 1.82) is 0 Å². The first-order valence-electron chi connectivity index (χ1n) is 3.51. The highest BCUT2D eigenvalue weighted by atomic mass is 32.2. The maximum atomic E-state index is 11.2. The van der Waals surface area contributed by atoms with Crippen LogP contribution in [0.2, 0.25) is 0 Å². The Labute approximate surface area is 66.0 Å². The summed E-state index contributed by atoms with van der Waals surface area (Å²) in [5.74, 6) is 0. The predicted octanol–water partition coefficient (Wildman–Crippen LogP) is 1.45. The van der Waals surface area contributed by atoms with Crippen molar-refractivity contribution >= 4 is 11.0 Å². The first-order chi connectivity index (χ1) is 4.33. The molecule has 0 aliphatic carbocycles. The fourth-order valence-corrected chi connectivity index (χ4v) is 1.26. The number of hydrogen-bond donors (Lipinski definition) is 1. The summed E-state index contributed by atoms with van der Waals surface area (Å²) < 4.78 is 14.1. The minimum absolute atomic E-state index is 0.0465. The van der Waals surface area contributed by atoms with Crippen LogP contribution >= 0.6 is 0 Å². The van der Waals surface area contributed by atoms with E-state index in [4.69, 9.17) is 0 Å². The van der Waals surface area contributed by atoms with Gasteiger partial charge in [-0.15, -0.1) is 0 Å². The molecule has 1 atom stereocenters. The molecule has 0 fully saturated rings. The van der Waals surface area contributed by atoms with E-state index in [1.165, 1.54) is 0 Å². The molecule has 0 aliphatic rings. The van der Waals surface area contributed by atoms with Crippen LogP contribution < -0.4 is 4.72 Å². The highest BCUT2D eigenvalue weighted by molar-refractivity contribution is 7.83. The van der Waals surface area contributed by atoms with Crippen LogP contribution in [0.4, 0.5) is 0 Å². The molecule has 10 heavy (non-hydrogen) atoms. The van der Waals surface area contributed by atoms with E-state index in [1.54, 1.807) is 0 Å². The standard InChI is InChI=1S/C7H17NOS/c1-6(2)10(9)8-7(3,4)5/h6,8H,1-5H3/t10-/m0/s1. The van der Waals surface area contributed by atoms with Crippen molar-refractivity contribution in [2.45, 2.75) is 45.4 Å². The molecule has 0 aromatic carbocycles. The maximum absolute atomic E-state index is 11.2. The van der Waals surface area contributed by atoms with Crippen molar-refractivity contribution in [1.82, 2.24) is 4.72 Å². The summed E-state index contributed by atoms with van der Waals surface area (Å²) in [6, 6.07) is 0. The van der Waals surface area contributed by atoms with Gasteiger partial charge in [-0.25, -0.2) is 8.93 Å². The van der Waals surface area contributed by atoms with Crippen LogP contribution in [0.1, 0.15) is 34.6 Å². The molecule has 1 N–H and O–H groups in total. The Balaban J connectivity index is 3.81. The van der Waals surface area contributed by atoms with E-state index >= 15 is 0 Å². The van der Waals surface area contributed by atoms with Gasteiger partial charge in [0.1, 0.15) is 0 Å². The minimum atomic E-state index is -0.891. The van der Waals surface area contributed by atoms with Crippen molar-refractivity contribution < 1.29 is 4.21 Å². The van der Waals surface area contributed by atoms with Crippen molar-refractivity contribution in [3.63, 3.8) is 0 Å². The highest BCUT2D eigenvalue weighted by Gasteiger charge is 2.14. The molecule has 0 aliphatic heterocycles. The third-order valence-electron chi connectivity index (χ3n) is 0.835. The summed E-state index contributed by atoms with van der Waals surface area (Å²) >= 11 is 0. The van der Waals surface area contributed by atoms with Crippen molar-refractivity contribution in [3.8, 4) is 0 Å². The molecule has 0 radical (unpaired) electrons. The van der Waals surface area contributed by atoms with Crippen LogP contribution in [-0.2, 0) is 11.0 Å². The maximum Gasteiger partial charge on any atom is 0.0946 e. The van der Waals surface area contributed by atoms with Crippen LogP contribution in [0, 0.1) is 0 Å². The van der Waals surface area contributed by atoms with Crippen LogP contribution in [0.15, 0.2) is 0 Å². The quantitative estimate of drug-likeness (QED) is 0.656. The van der Waals surface area contributed by atoms with Gasteiger partial charge in [0.05, 0.1) is 11.0 Å². The summed E-state index contributed by atoms with van der Waals surface area (Å²) in [4.78, 5) is 0. The Kier molecular flexibility index (Phi) is 3.52. The molecule has 0 spiro atoms. The number of rotatable bonds is 2. The van der Waals surface area contributed by atoms with Gasteiger partial charge in [-0.05, 0) is 34.6 Å². The van der Waals surface area contributed by atoms with Gasteiger partial charge in [0.2, 0.25) is 0 Å². The summed E-state index contributed by atoms with van der Waals surface area (Å²) in [5, 5.41) is 0.194. The van der Waals surface area contributed by atoms with Gasteiger partial charge in [0, 0.05) is 10.8 Å². The predicted molar refractivity (Wildman–Crippen MR) is 46.2 cm³/mol. The molecule has 3 heteroatoms. The second-order valence-corrected chi connectivity index (χ2v) is 5.44. The SMILES string of the molecule is CC(C)[S@](=O)NC(C)(C)C. The summed E-state index contributed by atoms with van der Waals surface area (Å²) in [5.41, 5.74) is -0.0465. The Morgan fingerprint density at radius 3 is 1.80 bits per heavy atom. The van der Waals surface area contributed by atoms with Crippen LogP contribution in [-0.4, -0.2) is 15.0 Å². The Morgan fingerprint density at radius 2 is 1.70 bits per heavy atom. The lowest BCUT2D eigenvalue weighted by Crippen LogP contribution is -2.39. The van der Waals surface area contributed by atoms with Crippen molar-refractivity contribution in [3.05, 3.63) is 0 Å². The molecule has 0 heterocycles. The zero-order valence-electron chi connectivity index (χ0n) is 7.39. The van der Waals surface area contributed by atoms with E-state index in [-0.39, 0.29) is 10.8 Å². The van der Waals surface area contributed by atoms with Gasteiger partial charge >= 0.3 is 0 Å². The molecule has 2 nitrogen and oxygen atoms in total. The molecule has 0 aromatic rings. The third kappa shape index (κ3) is 4.94. The molecule has 0 saturated carbocycles. The second-order valence-electron chi connectivity index (χ2n) is 3.70. The first kappa shape index (κ1) is 10.1. The highest BCUT2D eigenvalue weighted by Crippen LogP contribution is 2.02. The lowest BCUT2D eigenvalue weighted by molar-refractivity contribution is 0.517. The van der Waals surface area contributed by atoms with E-state index in [1.807, 2.05) is 34.6 Å². The molecule has 0 aromatic heterocycles. The zero-order valence-corrected chi connectivity index (χ0v) is 8.21. The molecule has 0 rings (SSSR count). The van der Waals surface area contributed by atoms with Gasteiger partial charge in [-0.3, -0.25) is 0 Å². The molecule has 0 amide bonds. The third-order valence-corrected chi connectivity index (χ3v) is 2.50. The van der Waals surface area contributed by atoms with E-state index in [9.17, 15) is 4.21 Å². The lowest BCUT2D eigenvalue weighted by Gasteiger charge is -2.20. The first-order valence-corrected chi connectivity index (χ1v) is 4.72. The Hall–Kier alpha value is 0.110. The minimum Gasteiger partial charge on any atom is -0.243 e. The Morgan fingerprint density at radius 1 is 1.30 bits per heavy atom. The normalized spacial score (nSPS) is 15.8. The van der Waals surface area contributed by atoms with E-state index in [2.05, 4.69) is 4.72 Å². The molecular weight excluding hydrogens is 146 g/mol. The smallest absolute Gasteiger partial charge is 0.0946 e. The second kappa shape index (κ2) is 3.49.